The van der Waals surface area contributed by atoms with Crippen LogP contribution in [0.3, 0.4) is 0 Å². The van der Waals surface area contributed by atoms with Crippen LogP contribution in [0.1, 0.15) is 104 Å². The molecule has 16 heteroatoms. The van der Waals surface area contributed by atoms with Crippen LogP contribution in [0.2, 0.25) is 0 Å². The number of ether oxygens (including phenoxy) is 6. The average Bonchev–Trinajstić information content (AvgIpc) is 3.21. The van der Waals surface area contributed by atoms with E-state index < -0.39 is 118 Å². The van der Waals surface area contributed by atoms with Gasteiger partial charge in [0.15, 0.2) is 17.5 Å². The van der Waals surface area contributed by atoms with E-state index in [0.717, 1.165) is 33.1 Å². The van der Waals surface area contributed by atoms with Crippen LogP contribution < -0.4 is 5.32 Å². The maximum atomic E-state index is 15.4. The van der Waals surface area contributed by atoms with E-state index in [1.165, 1.54) is 19.1 Å². The van der Waals surface area contributed by atoms with Gasteiger partial charge in [0.1, 0.15) is 30.5 Å². The number of amides is 1. The van der Waals surface area contributed by atoms with Gasteiger partial charge in [-0.1, -0.05) is 70.4 Å². The molecule has 1 aromatic carbocycles. The van der Waals surface area contributed by atoms with Crippen LogP contribution >= 0.6 is 0 Å². The number of hydrogen-bond acceptors (Lipinski definition) is 15. The van der Waals surface area contributed by atoms with E-state index in [2.05, 4.69) is 5.32 Å². The van der Waals surface area contributed by atoms with Gasteiger partial charge in [-0.25, -0.2) is 14.4 Å². The molecule has 5 aliphatic rings. The second kappa shape index (κ2) is 17.6. The Morgan fingerprint density at radius 1 is 1.00 bits per heavy atom. The standard InChI is InChI=1S/C45H59NO15/c1-8-9-20-56-41(54)46-33(27-16-12-10-13-17-27)34(50)40(53)59-29-22-45(55)38(60-39(52)28-18-14-11-15-19-28)36-43(7,30(49)21-31-44(36,23-57-31)61-26(4)48)37(51)35(58-25(3)47)32(24(29)2)42(45,5)6/h8-9,11,14-15,18-19,24,27,29-31,33-34,36,38,49-50,55H,10,12-13,16-17,20-23H2,1-7H3,(H,46,54)/t24?,29?,30?,31?,33?,34?,36?,38?,43-,44+,45?/m1/s1. The minimum Gasteiger partial charge on any atom is -0.460 e. The summed E-state index contributed by atoms with van der Waals surface area (Å²) in [6.07, 6.45) is -2.15. The summed E-state index contributed by atoms with van der Waals surface area (Å²) in [5.74, 6) is -8.05. The highest BCUT2D eigenvalue weighted by atomic mass is 16.6. The number of hydrogen-bond donors (Lipinski definition) is 4. The fourth-order valence-electron chi connectivity index (χ4n) is 10.7. The number of nitrogens with one attached hydrogen (secondary N) is 1. The zero-order valence-electron chi connectivity index (χ0n) is 35.8. The van der Waals surface area contributed by atoms with Crippen molar-refractivity contribution < 1.29 is 72.5 Å². The van der Waals surface area contributed by atoms with Crippen LogP contribution in [0.4, 0.5) is 4.79 Å². The first-order chi connectivity index (χ1) is 28.7. The summed E-state index contributed by atoms with van der Waals surface area (Å²) in [5.41, 5.74) is -7.74. The van der Waals surface area contributed by atoms with Gasteiger partial charge >= 0.3 is 30.0 Å². The summed E-state index contributed by atoms with van der Waals surface area (Å²) in [5, 5.41) is 40.1. The first kappa shape index (κ1) is 45.9. The van der Waals surface area contributed by atoms with Crippen molar-refractivity contribution >= 4 is 35.8 Å². The summed E-state index contributed by atoms with van der Waals surface area (Å²) in [4.78, 5) is 82.8. The molecule has 1 heterocycles. The van der Waals surface area contributed by atoms with Gasteiger partial charge < -0.3 is 49.1 Å². The molecule has 4 fully saturated rings. The Labute approximate surface area is 355 Å². The molecule has 2 bridgehead atoms. The van der Waals surface area contributed by atoms with Crippen LogP contribution in [0.5, 0.6) is 0 Å². The molecule has 3 saturated carbocycles. The predicted octanol–water partition coefficient (Wildman–Crippen LogP) is 4.02. The molecular formula is C45H59NO15. The summed E-state index contributed by atoms with van der Waals surface area (Å²) >= 11 is 0. The Morgan fingerprint density at radius 3 is 2.26 bits per heavy atom. The largest absolute Gasteiger partial charge is 0.460 e. The number of alkyl carbamates (subject to hydrolysis) is 1. The maximum absolute atomic E-state index is 15.4. The van der Waals surface area contributed by atoms with Gasteiger partial charge in [0.25, 0.3) is 0 Å². The Bertz CT molecular complexity index is 1940. The van der Waals surface area contributed by atoms with Gasteiger partial charge in [-0.3, -0.25) is 14.4 Å². The highest BCUT2D eigenvalue weighted by molar-refractivity contribution is 6.02. The van der Waals surface area contributed by atoms with E-state index in [4.69, 9.17) is 28.4 Å². The molecule has 1 amide bonds. The topological polar surface area (TPSA) is 231 Å². The third-order valence-corrected chi connectivity index (χ3v) is 14.0. The first-order valence-electron chi connectivity index (χ1n) is 21.1. The fourth-order valence-corrected chi connectivity index (χ4v) is 10.7. The molecule has 0 aromatic heterocycles. The number of esters is 4. The Kier molecular flexibility index (Phi) is 13.3. The monoisotopic (exact) mass is 853 g/mol. The summed E-state index contributed by atoms with van der Waals surface area (Å²) in [6, 6.07) is 6.76. The number of allylic oxidation sites excluding steroid dienone is 2. The van der Waals surface area contributed by atoms with Gasteiger partial charge in [0, 0.05) is 38.0 Å². The fraction of sp³-hybridized carbons (Fsp3) is 0.644. The number of Topliss-reactive ketones (excluding diaryl/α,β-unsaturated/α-hetero) is 1. The Morgan fingerprint density at radius 2 is 1.67 bits per heavy atom. The zero-order valence-corrected chi connectivity index (χ0v) is 35.8. The number of benzene rings is 1. The summed E-state index contributed by atoms with van der Waals surface area (Å²) in [6.45, 7) is 9.81. The molecule has 4 N–H and O–H groups in total. The number of fused-ring (bicyclic) bond motifs is 5. The molecule has 6 rings (SSSR count). The lowest BCUT2D eigenvalue weighted by molar-refractivity contribution is -0.345. The lowest BCUT2D eigenvalue weighted by Gasteiger charge is -2.67. The minimum absolute atomic E-state index is 0.0180. The number of carbonyl (C=O) groups is 6. The number of rotatable bonds is 11. The van der Waals surface area contributed by atoms with Crippen LogP contribution in [-0.4, -0.2) is 112 Å². The lowest BCUT2D eigenvalue weighted by atomic mass is 9.45. The first-order valence-corrected chi connectivity index (χ1v) is 21.1. The van der Waals surface area contributed by atoms with Crippen LogP contribution in [0.15, 0.2) is 53.8 Å². The highest BCUT2D eigenvalue weighted by Crippen LogP contribution is 2.65. The molecule has 1 aromatic rings. The molecule has 334 valence electrons. The number of carbonyl (C=O) groups excluding carboxylic acids is 6. The number of aliphatic hydroxyl groups excluding tert-OH is 2. The molecule has 61 heavy (non-hydrogen) atoms. The van der Waals surface area contributed by atoms with E-state index in [1.807, 2.05) is 0 Å². The van der Waals surface area contributed by atoms with Crippen LogP contribution in [0.25, 0.3) is 0 Å². The summed E-state index contributed by atoms with van der Waals surface area (Å²) in [7, 11) is 0. The second-order valence-electron chi connectivity index (χ2n) is 17.9. The normalized spacial score (nSPS) is 34.2. The Balaban J connectivity index is 1.51. The molecular weight excluding hydrogens is 794 g/mol. The van der Waals surface area contributed by atoms with Crippen molar-refractivity contribution in [3.8, 4) is 0 Å². The average molecular weight is 854 g/mol. The van der Waals surface area contributed by atoms with Crippen molar-refractivity contribution in [1.29, 1.82) is 0 Å². The summed E-state index contributed by atoms with van der Waals surface area (Å²) < 4.78 is 35.5. The molecule has 0 spiro atoms. The third kappa shape index (κ3) is 8.12. The quantitative estimate of drug-likeness (QED) is 0.140. The molecule has 9 unspecified atom stereocenters. The zero-order chi connectivity index (χ0) is 44.7. The van der Waals surface area contributed by atoms with Crippen molar-refractivity contribution in [3.63, 3.8) is 0 Å². The molecule has 1 aliphatic heterocycles. The van der Waals surface area contributed by atoms with Gasteiger partial charge in [0.05, 0.1) is 35.6 Å². The second-order valence-corrected chi connectivity index (χ2v) is 17.9. The van der Waals surface area contributed by atoms with E-state index in [0.29, 0.717) is 12.8 Å². The predicted molar refractivity (Wildman–Crippen MR) is 214 cm³/mol. The minimum atomic E-state index is -2.37. The number of aliphatic hydroxyl groups is 3. The van der Waals surface area contributed by atoms with Crippen molar-refractivity contribution in [1.82, 2.24) is 5.32 Å². The molecule has 16 nitrogen and oxygen atoms in total. The molecule has 4 aliphatic carbocycles. The van der Waals surface area contributed by atoms with E-state index >= 15 is 4.79 Å². The molecule has 1 saturated heterocycles. The smallest absolute Gasteiger partial charge is 0.407 e. The maximum Gasteiger partial charge on any atom is 0.407 e. The van der Waals surface area contributed by atoms with Gasteiger partial charge in [-0.2, -0.15) is 0 Å². The van der Waals surface area contributed by atoms with Gasteiger partial charge in [0.2, 0.25) is 5.78 Å². The Hall–Kier alpha value is -4.64. The van der Waals surface area contributed by atoms with E-state index in [1.54, 1.807) is 58.0 Å². The SMILES string of the molecule is CC=CCOC(=O)NC(C1CCCCC1)C(O)C(=O)OC1CC2(O)C(OC(=O)c3ccccc3)C3[C@]4(OC(C)=O)COC4CC(O)[C@@]3(C)C(=O)C(OC(C)=O)=C(C1C)C2(C)C. The highest BCUT2D eigenvalue weighted by Gasteiger charge is 2.78. The lowest BCUT2D eigenvalue weighted by Crippen LogP contribution is -2.81. The molecule has 11 atom stereocenters. The van der Waals surface area contributed by atoms with Crippen LogP contribution in [-0.2, 0) is 47.6 Å². The van der Waals surface area contributed by atoms with E-state index in [-0.39, 0.29) is 36.7 Å². The third-order valence-electron chi connectivity index (χ3n) is 14.0. The van der Waals surface area contributed by atoms with Crippen molar-refractivity contribution in [2.75, 3.05) is 13.2 Å². The molecule has 0 radical (unpaired) electrons. The van der Waals surface area contributed by atoms with Crippen molar-refractivity contribution in [2.24, 2.45) is 28.6 Å². The van der Waals surface area contributed by atoms with E-state index in [9.17, 15) is 39.3 Å². The van der Waals surface area contributed by atoms with Crippen LogP contribution in [0, 0.1) is 28.6 Å². The van der Waals surface area contributed by atoms with Crippen molar-refractivity contribution in [2.45, 2.75) is 141 Å². The van der Waals surface area contributed by atoms with Gasteiger partial charge in [-0.15, -0.1) is 0 Å². The van der Waals surface area contributed by atoms with Crippen molar-refractivity contribution in [3.05, 3.63) is 59.4 Å². The van der Waals surface area contributed by atoms with Gasteiger partial charge in [-0.05, 0) is 50.3 Å². The number of ketones is 1.